The molecule has 0 aliphatic carbocycles. The zero-order valence-electron chi connectivity index (χ0n) is 9.84. The normalized spacial score (nSPS) is 13.2. The topological polar surface area (TPSA) is 49.3 Å². The van der Waals surface area contributed by atoms with Crippen LogP contribution in [0.2, 0.25) is 0 Å². The molecule has 3 heteroatoms. The minimum Gasteiger partial charge on any atom is -0.481 e. The number of hydrogen-bond donors (Lipinski definition) is 2. The molecule has 3 nitrogen and oxygen atoms in total. The molecule has 86 valence electrons. The predicted octanol–water partition coefficient (Wildman–Crippen LogP) is 1.88. The van der Waals surface area contributed by atoms with Crippen molar-refractivity contribution in [3.8, 4) is 12.3 Å². The van der Waals surface area contributed by atoms with Crippen LogP contribution in [0.25, 0.3) is 0 Å². The van der Waals surface area contributed by atoms with Gasteiger partial charge in [0.25, 0.3) is 0 Å². The summed E-state index contributed by atoms with van der Waals surface area (Å²) in [5, 5.41) is 11.7. The fourth-order valence-electron chi connectivity index (χ4n) is 1.13. The maximum Gasteiger partial charge on any atom is 0.303 e. The van der Waals surface area contributed by atoms with E-state index >= 15 is 0 Å². The summed E-state index contributed by atoms with van der Waals surface area (Å²) in [6.07, 6.45) is 6.95. The van der Waals surface area contributed by atoms with Crippen LogP contribution in [-0.2, 0) is 4.79 Å². The molecule has 0 amide bonds. The number of carbonyl (C=O) groups is 1. The van der Waals surface area contributed by atoms with Crippen molar-refractivity contribution < 1.29 is 9.90 Å². The smallest absolute Gasteiger partial charge is 0.303 e. The Labute approximate surface area is 92.3 Å². The standard InChI is InChI=1S/C12H21NO2/c1-5-10(6-7-11(14)15)13-9-8-12(2,3)4/h1,10,13H,6-9H2,2-4H3,(H,14,15). The van der Waals surface area contributed by atoms with Gasteiger partial charge >= 0.3 is 5.97 Å². The second-order valence-electron chi connectivity index (χ2n) is 4.92. The number of carboxylic acid groups (broad SMARTS) is 1. The van der Waals surface area contributed by atoms with Crippen molar-refractivity contribution in [2.45, 2.75) is 46.1 Å². The predicted molar refractivity (Wildman–Crippen MR) is 61.6 cm³/mol. The van der Waals surface area contributed by atoms with Crippen molar-refractivity contribution in [3.63, 3.8) is 0 Å². The van der Waals surface area contributed by atoms with Crippen molar-refractivity contribution in [3.05, 3.63) is 0 Å². The van der Waals surface area contributed by atoms with Gasteiger partial charge in [-0.05, 0) is 24.8 Å². The van der Waals surface area contributed by atoms with Gasteiger partial charge in [0.05, 0.1) is 6.04 Å². The van der Waals surface area contributed by atoms with E-state index in [9.17, 15) is 4.79 Å². The molecular weight excluding hydrogens is 190 g/mol. The Morgan fingerprint density at radius 2 is 2.13 bits per heavy atom. The van der Waals surface area contributed by atoms with Crippen LogP contribution in [0.1, 0.15) is 40.0 Å². The Morgan fingerprint density at radius 3 is 2.53 bits per heavy atom. The molecule has 2 N–H and O–H groups in total. The lowest BCUT2D eigenvalue weighted by Gasteiger charge is -2.20. The van der Waals surface area contributed by atoms with Crippen LogP contribution in [0, 0.1) is 17.8 Å². The highest BCUT2D eigenvalue weighted by Gasteiger charge is 2.11. The third kappa shape index (κ3) is 9.30. The molecule has 0 heterocycles. The molecule has 0 spiro atoms. The molecule has 1 atom stereocenters. The second kappa shape index (κ2) is 6.47. The first-order valence-electron chi connectivity index (χ1n) is 5.26. The lowest BCUT2D eigenvalue weighted by molar-refractivity contribution is -0.137. The zero-order chi connectivity index (χ0) is 11.9. The Kier molecular flexibility index (Phi) is 6.03. The van der Waals surface area contributed by atoms with E-state index < -0.39 is 5.97 Å². The van der Waals surface area contributed by atoms with E-state index in [1.165, 1.54) is 0 Å². The van der Waals surface area contributed by atoms with Gasteiger partial charge in [0.2, 0.25) is 0 Å². The molecule has 0 rings (SSSR count). The van der Waals surface area contributed by atoms with Crippen LogP contribution in [-0.4, -0.2) is 23.7 Å². The summed E-state index contributed by atoms with van der Waals surface area (Å²) < 4.78 is 0. The Hall–Kier alpha value is -1.01. The monoisotopic (exact) mass is 211 g/mol. The van der Waals surface area contributed by atoms with Gasteiger partial charge in [0.15, 0.2) is 0 Å². The molecule has 0 fully saturated rings. The fraction of sp³-hybridized carbons (Fsp3) is 0.750. The highest BCUT2D eigenvalue weighted by atomic mass is 16.4. The molecule has 0 saturated heterocycles. The fourth-order valence-corrected chi connectivity index (χ4v) is 1.13. The lowest BCUT2D eigenvalue weighted by Crippen LogP contribution is -2.31. The zero-order valence-corrected chi connectivity index (χ0v) is 9.84. The molecule has 1 unspecified atom stereocenters. The molecule has 0 aliphatic rings. The van der Waals surface area contributed by atoms with Crippen LogP contribution < -0.4 is 5.32 Å². The summed E-state index contributed by atoms with van der Waals surface area (Å²) in [6.45, 7) is 7.32. The Balaban J connectivity index is 3.73. The third-order valence-corrected chi connectivity index (χ3v) is 2.11. The van der Waals surface area contributed by atoms with Crippen molar-refractivity contribution in [1.82, 2.24) is 5.32 Å². The van der Waals surface area contributed by atoms with Crippen LogP contribution >= 0.6 is 0 Å². The van der Waals surface area contributed by atoms with E-state index in [-0.39, 0.29) is 17.9 Å². The van der Waals surface area contributed by atoms with Crippen molar-refractivity contribution in [2.24, 2.45) is 5.41 Å². The first-order valence-corrected chi connectivity index (χ1v) is 5.26. The van der Waals surface area contributed by atoms with E-state index in [0.717, 1.165) is 13.0 Å². The van der Waals surface area contributed by atoms with Crippen LogP contribution in [0.4, 0.5) is 0 Å². The lowest BCUT2D eigenvalue weighted by atomic mass is 9.92. The Morgan fingerprint density at radius 1 is 1.53 bits per heavy atom. The summed E-state index contributed by atoms with van der Waals surface area (Å²) in [5.74, 6) is 1.77. The van der Waals surface area contributed by atoms with E-state index in [1.807, 2.05) is 0 Å². The van der Waals surface area contributed by atoms with E-state index in [1.54, 1.807) is 0 Å². The van der Waals surface area contributed by atoms with Crippen LogP contribution in [0.15, 0.2) is 0 Å². The van der Waals surface area contributed by atoms with Crippen LogP contribution in [0.5, 0.6) is 0 Å². The van der Waals surface area contributed by atoms with Gasteiger partial charge in [-0.2, -0.15) is 0 Å². The van der Waals surface area contributed by atoms with Gasteiger partial charge in [-0.1, -0.05) is 26.7 Å². The highest BCUT2D eigenvalue weighted by Crippen LogP contribution is 2.17. The summed E-state index contributed by atoms with van der Waals surface area (Å²) in [6, 6.07) is -0.122. The largest absolute Gasteiger partial charge is 0.481 e. The molecule has 0 aromatic rings. The molecule has 0 radical (unpaired) electrons. The molecule has 0 saturated carbocycles. The van der Waals surface area contributed by atoms with Gasteiger partial charge in [-0.15, -0.1) is 6.42 Å². The van der Waals surface area contributed by atoms with E-state index in [0.29, 0.717) is 6.42 Å². The van der Waals surface area contributed by atoms with Crippen molar-refractivity contribution in [2.75, 3.05) is 6.54 Å². The molecule has 0 aromatic carbocycles. The maximum absolute atomic E-state index is 10.4. The van der Waals surface area contributed by atoms with Gasteiger partial charge in [0, 0.05) is 6.42 Å². The molecule has 0 aliphatic heterocycles. The van der Waals surface area contributed by atoms with Gasteiger partial charge in [-0.3, -0.25) is 4.79 Å². The first kappa shape index (κ1) is 14.0. The van der Waals surface area contributed by atoms with Crippen molar-refractivity contribution >= 4 is 5.97 Å². The average molecular weight is 211 g/mol. The SMILES string of the molecule is C#CC(CCC(=O)O)NCCC(C)(C)C. The van der Waals surface area contributed by atoms with Gasteiger partial charge < -0.3 is 10.4 Å². The summed E-state index contributed by atoms with van der Waals surface area (Å²) in [4.78, 5) is 10.4. The number of carboxylic acids is 1. The number of nitrogens with one attached hydrogen (secondary N) is 1. The third-order valence-electron chi connectivity index (χ3n) is 2.11. The number of hydrogen-bond acceptors (Lipinski definition) is 2. The minimum absolute atomic E-state index is 0.122. The average Bonchev–Trinajstić information content (AvgIpc) is 2.08. The minimum atomic E-state index is -0.798. The Bertz CT molecular complexity index is 235. The second-order valence-corrected chi connectivity index (χ2v) is 4.92. The number of terminal acetylenes is 1. The molecule has 15 heavy (non-hydrogen) atoms. The number of rotatable bonds is 6. The van der Waals surface area contributed by atoms with Gasteiger partial charge in [0.1, 0.15) is 0 Å². The van der Waals surface area contributed by atoms with Crippen LogP contribution in [0.3, 0.4) is 0 Å². The molecular formula is C12H21NO2. The summed E-state index contributed by atoms with van der Waals surface area (Å²) in [5.41, 5.74) is 0.277. The quantitative estimate of drug-likeness (QED) is 0.659. The highest BCUT2D eigenvalue weighted by molar-refractivity contribution is 5.66. The van der Waals surface area contributed by atoms with E-state index in [4.69, 9.17) is 11.5 Å². The molecule has 0 bridgehead atoms. The van der Waals surface area contributed by atoms with Gasteiger partial charge in [-0.25, -0.2) is 0 Å². The van der Waals surface area contributed by atoms with E-state index in [2.05, 4.69) is 32.0 Å². The maximum atomic E-state index is 10.4. The first-order chi connectivity index (χ1) is 6.85. The number of aliphatic carboxylic acids is 1. The van der Waals surface area contributed by atoms with Crippen molar-refractivity contribution in [1.29, 1.82) is 0 Å². The molecule has 0 aromatic heterocycles. The summed E-state index contributed by atoms with van der Waals surface area (Å²) in [7, 11) is 0. The summed E-state index contributed by atoms with van der Waals surface area (Å²) >= 11 is 0.